The number of Topliss-reactive ketones (excluding diaryl/α,β-unsaturated/α-hetero) is 3. The van der Waals surface area contributed by atoms with Crippen molar-refractivity contribution in [3.63, 3.8) is 0 Å². The van der Waals surface area contributed by atoms with Crippen LogP contribution >= 0.6 is 0 Å². The van der Waals surface area contributed by atoms with Crippen molar-refractivity contribution in [1.29, 1.82) is 0 Å². The molecule has 1 aliphatic carbocycles. The summed E-state index contributed by atoms with van der Waals surface area (Å²) >= 11 is 0. The van der Waals surface area contributed by atoms with Gasteiger partial charge in [0.05, 0.1) is 0 Å². The van der Waals surface area contributed by atoms with Gasteiger partial charge in [-0.2, -0.15) is 0 Å². The average Bonchev–Trinajstić information content (AvgIpc) is 2.38. The third-order valence-electron chi connectivity index (χ3n) is 5.52. The molecule has 3 unspecified atom stereocenters. The molecule has 0 aromatic heterocycles. The van der Waals surface area contributed by atoms with Crippen LogP contribution in [0.4, 0.5) is 0 Å². The van der Waals surface area contributed by atoms with Crippen LogP contribution in [-0.4, -0.2) is 17.3 Å². The molecule has 0 radical (unpaired) electrons. The predicted octanol–water partition coefficient (Wildman–Crippen LogP) is 4.86. The molecule has 1 aliphatic rings. The van der Waals surface area contributed by atoms with Gasteiger partial charge in [0.1, 0.15) is 17.3 Å². The van der Waals surface area contributed by atoms with Crippen molar-refractivity contribution in [3.05, 3.63) is 0 Å². The number of hydrogen-bond donors (Lipinski definition) is 0. The van der Waals surface area contributed by atoms with E-state index in [9.17, 15) is 14.4 Å². The van der Waals surface area contributed by atoms with Crippen molar-refractivity contribution in [1.82, 2.24) is 0 Å². The number of rotatable bonds is 0. The summed E-state index contributed by atoms with van der Waals surface area (Å²) in [6.45, 7) is 18.1. The van der Waals surface area contributed by atoms with Gasteiger partial charge in [0.2, 0.25) is 0 Å². The van der Waals surface area contributed by atoms with Crippen LogP contribution in [0.15, 0.2) is 0 Å². The topological polar surface area (TPSA) is 51.2 Å². The van der Waals surface area contributed by atoms with E-state index in [1.807, 2.05) is 62.3 Å². The minimum atomic E-state index is -0.314. The van der Waals surface area contributed by atoms with Crippen molar-refractivity contribution in [3.8, 4) is 0 Å². The molecule has 138 valence electrons. The Hall–Kier alpha value is -0.990. The van der Waals surface area contributed by atoms with Crippen LogP contribution in [0.3, 0.4) is 0 Å². The second kappa shape index (κ2) is 6.72. The van der Waals surface area contributed by atoms with E-state index in [1.54, 1.807) is 0 Å². The fourth-order valence-electron chi connectivity index (χ4n) is 3.74. The van der Waals surface area contributed by atoms with E-state index in [0.717, 1.165) is 0 Å². The van der Waals surface area contributed by atoms with E-state index in [1.165, 1.54) is 0 Å². The summed E-state index contributed by atoms with van der Waals surface area (Å²) in [5.41, 5.74) is -0.818. The summed E-state index contributed by atoms with van der Waals surface area (Å²) in [6.07, 6.45) is 0.775. The average molecular weight is 337 g/mol. The second-order valence-corrected chi connectivity index (χ2v) is 10.8. The molecule has 0 spiro atoms. The van der Waals surface area contributed by atoms with E-state index in [2.05, 4.69) is 0 Å². The lowest BCUT2D eigenvalue weighted by Crippen LogP contribution is -2.35. The normalized spacial score (nSPS) is 28.4. The minimum Gasteiger partial charge on any atom is -0.299 e. The Labute approximate surface area is 148 Å². The molecule has 0 aromatic rings. The lowest BCUT2D eigenvalue weighted by Gasteiger charge is -2.32. The first kappa shape index (κ1) is 21.1. The van der Waals surface area contributed by atoms with Gasteiger partial charge < -0.3 is 0 Å². The molecule has 1 saturated carbocycles. The Morgan fingerprint density at radius 1 is 0.500 bits per heavy atom. The second-order valence-electron chi connectivity index (χ2n) is 10.8. The van der Waals surface area contributed by atoms with E-state index < -0.39 is 0 Å². The van der Waals surface area contributed by atoms with Crippen LogP contribution in [0.5, 0.6) is 0 Å². The molecular formula is C21H36O3. The number of hydrogen-bond acceptors (Lipinski definition) is 3. The van der Waals surface area contributed by atoms with E-state index in [0.29, 0.717) is 0 Å². The highest BCUT2D eigenvalue weighted by Gasteiger charge is 2.44. The first-order valence-corrected chi connectivity index (χ1v) is 9.13. The lowest BCUT2D eigenvalue weighted by atomic mass is 9.70. The summed E-state index contributed by atoms with van der Waals surface area (Å²) in [5, 5.41) is 0. The van der Waals surface area contributed by atoms with Crippen molar-refractivity contribution in [2.45, 2.75) is 81.6 Å². The van der Waals surface area contributed by atoms with Crippen LogP contribution in [0.2, 0.25) is 0 Å². The summed E-state index contributed by atoms with van der Waals surface area (Å²) in [6, 6.07) is 0. The third-order valence-corrected chi connectivity index (χ3v) is 5.52. The molecular weight excluding hydrogens is 300 g/mol. The van der Waals surface area contributed by atoms with Gasteiger partial charge in [0.25, 0.3) is 0 Å². The number of ketones is 3. The van der Waals surface area contributed by atoms with E-state index in [4.69, 9.17) is 0 Å². The van der Waals surface area contributed by atoms with Gasteiger partial charge in [0, 0.05) is 37.0 Å². The zero-order valence-corrected chi connectivity index (χ0v) is 17.1. The van der Waals surface area contributed by atoms with Gasteiger partial charge in [-0.1, -0.05) is 62.3 Å². The summed E-state index contributed by atoms with van der Waals surface area (Å²) < 4.78 is 0. The van der Waals surface area contributed by atoms with Gasteiger partial charge in [-0.05, 0) is 16.2 Å². The maximum atomic E-state index is 13.0. The molecule has 24 heavy (non-hydrogen) atoms. The van der Waals surface area contributed by atoms with Crippen LogP contribution in [-0.2, 0) is 14.4 Å². The van der Waals surface area contributed by atoms with Gasteiger partial charge in [-0.15, -0.1) is 0 Å². The number of carbonyl (C=O) groups excluding carboxylic acids is 3. The van der Waals surface area contributed by atoms with Crippen LogP contribution in [0, 0.1) is 34.0 Å². The Morgan fingerprint density at radius 2 is 0.667 bits per heavy atom. The van der Waals surface area contributed by atoms with E-state index >= 15 is 0 Å². The predicted molar refractivity (Wildman–Crippen MR) is 97.7 cm³/mol. The molecule has 0 aromatic carbocycles. The lowest BCUT2D eigenvalue weighted by molar-refractivity contribution is -0.134. The van der Waals surface area contributed by atoms with Gasteiger partial charge in [0.15, 0.2) is 0 Å². The van der Waals surface area contributed by atoms with Crippen molar-refractivity contribution in [2.75, 3.05) is 0 Å². The molecule has 1 rings (SSSR count). The summed E-state index contributed by atoms with van der Waals surface area (Å²) in [7, 11) is 0. The highest BCUT2D eigenvalue weighted by molar-refractivity contribution is 5.97. The SMILES string of the molecule is CC(C)(C)C1CC(=O)C(C(C)(C)C)CC(=O)C(C(C)(C)C)CC1=O. The quantitative estimate of drug-likeness (QED) is 0.634. The molecule has 0 N–H and O–H groups in total. The molecule has 0 aliphatic heterocycles. The molecule has 1 fully saturated rings. The zero-order valence-electron chi connectivity index (χ0n) is 17.1. The van der Waals surface area contributed by atoms with Crippen LogP contribution < -0.4 is 0 Å². The molecule has 3 heteroatoms. The Bertz CT molecular complexity index is 433. The standard InChI is InChI=1S/C21H36O3/c1-19(2,3)13-10-17(23)15(21(7,8)9)12-18(24)14(11-16(13)22)20(4,5)6/h13-15H,10-12H2,1-9H3. The van der Waals surface area contributed by atoms with E-state index in [-0.39, 0.29) is 70.6 Å². The molecule has 0 amide bonds. The third kappa shape index (κ3) is 5.00. The van der Waals surface area contributed by atoms with Crippen LogP contribution in [0.25, 0.3) is 0 Å². The molecule has 3 nitrogen and oxygen atoms in total. The fourth-order valence-corrected chi connectivity index (χ4v) is 3.74. The van der Waals surface area contributed by atoms with Gasteiger partial charge in [-0.25, -0.2) is 0 Å². The number of carbonyl (C=O) groups is 3. The summed E-state index contributed by atoms with van der Waals surface area (Å²) in [5.74, 6) is -0.738. The monoisotopic (exact) mass is 336 g/mol. The minimum absolute atomic E-state index is 0.0682. The highest BCUT2D eigenvalue weighted by Crippen LogP contribution is 2.42. The van der Waals surface area contributed by atoms with Crippen molar-refractivity contribution >= 4 is 17.3 Å². The fraction of sp³-hybridized carbons (Fsp3) is 0.857. The Morgan fingerprint density at radius 3 is 0.792 bits per heavy atom. The summed E-state index contributed by atoms with van der Waals surface area (Å²) in [4.78, 5) is 38.9. The molecule has 0 saturated heterocycles. The largest absolute Gasteiger partial charge is 0.299 e. The molecule has 0 heterocycles. The van der Waals surface area contributed by atoms with Crippen LogP contribution in [0.1, 0.15) is 81.6 Å². The molecule has 3 atom stereocenters. The zero-order chi connectivity index (χ0) is 19.1. The first-order valence-electron chi connectivity index (χ1n) is 9.13. The Kier molecular flexibility index (Phi) is 5.90. The highest BCUT2D eigenvalue weighted by atomic mass is 16.1. The van der Waals surface area contributed by atoms with Gasteiger partial charge >= 0.3 is 0 Å². The van der Waals surface area contributed by atoms with Crippen molar-refractivity contribution in [2.24, 2.45) is 34.0 Å². The Balaban J connectivity index is 3.39. The smallest absolute Gasteiger partial charge is 0.137 e. The van der Waals surface area contributed by atoms with Gasteiger partial charge in [-0.3, -0.25) is 14.4 Å². The maximum Gasteiger partial charge on any atom is 0.137 e. The first-order chi connectivity index (χ1) is 10.5. The maximum absolute atomic E-state index is 13.0. The molecule has 0 bridgehead atoms. The van der Waals surface area contributed by atoms with Crippen molar-refractivity contribution < 1.29 is 14.4 Å².